The number of carbonyl (C=O) groups excluding carboxylic acids is 2. The van der Waals surface area contributed by atoms with E-state index in [0.717, 1.165) is 0 Å². The van der Waals surface area contributed by atoms with Crippen molar-refractivity contribution in [2.45, 2.75) is 11.7 Å². The van der Waals surface area contributed by atoms with Crippen molar-refractivity contribution in [1.82, 2.24) is 0 Å². The summed E-state index contributed by atoms with van der Waals surface area (Å²) in [5, 5.41) is -0.0880. The molecule has 25 heavy (non-hydrogen) atoms. The third-order valence-corrected chi connectivity index (χ3v) is 6.96. The Morgan fingerprint density at radius 2 is 2.00 bits per heavy atom. The molecule has 0 saturated carbocycles. The van der Waals surface area contributed by atoms with Crippen LogP contribution in [0, 0.1) is 0 Å². The van der Waals surface area contributed by atoms with Gasteiger partial charge in [-0.2, -0.15) is 0 Å². The Morgan fingerprint density at radius 1 is 1.24 bits per heavy atom. The van der Waals surface area contributed by atoms with E-state index in [1.165, 1.54) is 26.0 Å². The number of benzene rings is 1. The van der Waals surface area contributed by atoms with E-state index in [4.69, 9.17) is 14.2 Å². The minimum Gasteiger partial charge on any atom is -0.497 e. The predicted molar refractivity (Wildman–Crippen MR) is 94.4 cm³/mol. The molecular weight excluding hydrogens is 368 g/mol. The normalized spacial score (nSPS) is 18.6. The number of ketones is 1. The first-order valence-corrected chi connectivity index (χ1v) is 10.4. The van der Waals surface area contributed by atoms with Crippen LogP contribution in [0.25, 0.3) is 0 Å². The van der Waals surface area contributed by atoms with Gasteiger partial charge in [-0.15, -0.1) is 11.8 Å². The molecule has 1 fully saturated rings. The molecule has 1 heterocycles. The summed E-state index contributed by atoms with van der Waals surface area (Å²) in [6, 6.07) is 4.74. The highest BCUT2D eigenvalue weighted by molar-refractivity contribution is 8.02. The van der Waals surface area contributed by atoms with Gasteiger partial charge in [0.2, 0.25) is 5.78 Å². The van der Waals surface area contributed by atoms with Crippen molar-refractivity contribution >= 4 is 33.4 Å². The molecule has 1 aromatic carbocycles. The molecule has 0 bridgehead atoms. The summed E-state index contributed by atoms with van der Waals surface area (Å²) >= 11 is 1.25. The second-order valence-corrected chi connectivity index (χ2v) is 9.00. The standard InChI is InChI=1S/C16H20O7S2/c1-21-11-3-4-13(15(7-11)22-2)14(17)8-23-16(18)9-24-12-5-6-25(19,20)10-12/h3-4,7,12H,5-6,8-10H2,1-2H3/t12-/m0/s1. The minimum atomic E-state index is -2.97. The van der Waals surface area contributed by atoms with E-state index in [9.17, 15) is 18.0 Å². The zero-order chi connectivity index (χ0) is 18.4. The molecule has 1 aromatic rings. The lowest BCUT2D eigenvalue weighted by atomic mass is 10.1. The fourth-order valence-corrected chi connectivity index (χ4v) is 5.81. The topological polar surface area (TPSA) is 96.0 Å². The zero-order valence-electron chi connectivity index (χ0n) is 14.0. The van der Waals surface area contributed by atoms with Crippen molar-refractivity contribution in [3.63, 3.8) is 0 Å². The van der Waals surface area contributed by atoms with Crippen LogP contribution in [0.1, 0.15) is 16.8 Å². The molecule has 0 aliphatic carbocycles. The van der Waals surface area contributed by atoms with Gasteiger partial charge in [0.15, 0.2) is 16.4 Å². The SMILES string of the molecule is COc1ccc(C(=O)COC(=O)CS[C@H]2CCS(=O)(=O)C2)c(OC)c1. The molecule has 2 rings (SSSR count). The van der Waals surface area contributed by atoms with Crippen LogP contribution in [0.15, 0.2) is 18.2 Å². The molecule has 1 atom stereocenters. The molecule has 0 amide bonds. The summed E-state index contributed by atoms with van der Waals surface area (Å²) in [6.07, 6.45) is 0.544. The van der Waals surface area contributed by atoms with Crippen molar-refractivity contribution in [2.75, 3.05) is 38.1 Å². The number of Topliss-reactive ketones (excluding diaryl/α,β-unsaturated/α-hetero) is 1. The Balaban J connectivity index is 1.82. The average molecular weight is 388 g/mol. The molecule has 1 saturated heterocycles. The quantitative estimate of drug-likeness (QED) is 0.486. The van der Waals surface area contributed by atoms with Crippen molar-refractivity contribution < 1.29 is 32.2 Å². The number of hydrogen-bond donors (Lipinski definition) is 0. The van der Waals surface area contributed by atoms with Crippen LogP contribution >= 0.6 is 11.8 Å². The van der Waals surface area contributed by atoms with Crippen LogP contribution in [0.3, 0.4) is 0 Å². The lowest BCUT2D eigenvalue weighted by molar-refractivity contribution is -0.139. The number of ether oxygens (including phenoxy) is 3. The molecule has 0 radical (unpaired) electrons. The summed E-state index contributed by atoms with van der Waals surface area (Å²) in [7, 11) is -0.0302. The Kier molecular flexibility index (Phi) is 6.71. The molecule has 1 aliphatic heterocycles. The monoisotopic (exact) mass is 388 g/mol. The van der Waals surface area contributed by atoms with Crippen LogP contribution in [0.2, 0.25) is 0 Å². The maximum absolute atomic E-state index is 12.2. The fraction of sp³-hybridized carbons (Fsp3) is 0.500. The molecular formula is C16H20O7S2. The summed E-state index contributed by atoms with van der Waals surface area (Å²) < 4.78 is 37.9. The van der Waals surface area contributed by atoms with Gasteiger partial charge in [0.1, 0.15) is 11.5 Å². The Hall–Kier alpha value is -1.74. The average Bonchev–Trinajstić information content (AvgIpc) is 2.96. The fourth-order valence-electron chi connectivity index (χ4n) is 2.37. The molecule has 0 aromatic heterocycles. The van der Waals surface area contributed by atoms with Gasteiger partial charge >= 0.3 is 5.97 Å². The van der Waals surface area contributed by atoms with E-state index in [-0.39, 0.29) is 28.3 Å². The minimum absolute atomic E-state index is 0.0210. The van der Waals surface area contributed by atoms with Gasteiger partial charge < -0.3 is 14.2 Å². The van der Waals surface area contributed by atoms with E-state index in [1.54, 1.807) is 18.2 Å². The smallest absolute Gasteiger partial charge is 0.316 e. The van der Waals surface area contributed by atoms with E-state index < -0.39 is 22.4 Å². The van der Waals surface area contributed by atoms with Gasteiger partial charge in [-0.1, -0.05) is 0 Å². The summed E-state index contributed by atoms with van der Waals surface area (Å²) in [5.41, 5.74) is 0.297. The molecule has 0 spiro atoms. The maximum atomic E-state index is 12.2. The summed E-state index contributed by atoms with van der Waals surface area (Å²) in [6.45, 7) is -0.398. The lowest BCUT2D eigenvalue weighted by Crippen LogP contribution is -2.18. The number of rotatable bonds is 8. The maximum Gasteiger partial charge on any atom is 0.316 e. The van der Waals surface area contributed by atoms with Gasteiger partial charge in [0, 0.05) is 11.3 Å². The number of methoxy groups -OCH3 is 2. The van der Waals surface area contributed by atoms with Crippen molar-refractivity contribution in [3.8, 4) is 11.5 Å². The van der Waals surface area contributed by atoms with E-state index in [1.807, 2.05) is 0 Å². The number of esters is 1. The first-order chi connectivity index (χ1) is 11.8. The van der Waals surface area contributed by atoms with Gasteiger partial charge in [0.25, 0.3) is 0 Å². The van der Waals surface area contributed by atoms with Gasteiger partial charge in [-0.3, -0.25) is 9.59 Å². The van der Waals surface area contributed by atoms with Crippen molar-refractivity contribution in [2.24, 2.45) is 0 Å². The Bertz CT molecular complexity index is 743. The van der Waals surface area contributed by atoms with Crippen LogP contribution < -0.4 is 9.47 Å². The molecule has 1 aliphatic rings. The highest BCUT2D eigenvalue weighted by atomic mass is 32.2. The van der Waals surface area contributed by atoms with E-state index in [2.05, 4.69) is 0 Å². The van der Waals surface area contributed by atoms with Crippen LogP contribution in [0.4, 0.5) is 0 Å². The van der Waals surface area contributed by atoms with Gasteiger partial charge in [0.05, 0.1) is 37.0 Å². The Morgan fingerprint density at radius 3 is 2.60 bits per heavy atom. The second kappa shape index (κ2) is 8.57. The third-order valence-electron chi connectivity index (χ3n) is 3.70. The zero-order valence-corrected chi connectivity index (χ0v) is 15.7. The van der Waals surface area contributed by atoms with Crippen LogP contribution in [-0.4, -0.2) is 63.5 Å². The highest BCUT2D eigenvalue weighted by Gasteiger charge is 2.28. The highest BCUT2D eigenvalue weighted by Crippen LogP contribution is 2.26. The summed E-state index contributed by atoms with van der Waals surface area (Å²) in [5.74, 6) is 0.228. The first-order valence-electron chi connectivity index (χ1n) is 7.57. The lowest BCUT2D eigenvalue weighted by Gasteiger charge is -2.10. The van der Waals surface area contributed by atoms with E-state index >= 15 is 0 Å². The van der Waals surface area contributed by atoms with Gasteiger partial charge in [-0.05, 0) is 18.6 Å². The first kappa shape index (κ1) is 19.6. The third kappa shape index (κ3) is 5.64. The molecule has 0 N–H and O–H groups in total. The van der Waals surface area contributed by atoms with Crippen molar-refractivity contribution in [3.05, 3.63) is 23.8 Å². The number of sulfone groups is 1. The van der Waals surface area contributed by atoms with Crippen LogP contribution in [0.5, 0.6) is 11.5 Å². The summed E-state index contributed by atoms with van der Waals surface area (Å²) in [4.78, 5) is 23.9. The largest absolute Gasteiger partial charge is 0.497 e. The second-order valence-electron chi connectivity index (χ2n) is 5.49. The molecule has 9 heteroatoms. The molecule has 0 unspecified atom stereocenters. The Labute approximate surface area is 150 Å². The van der Waals surface area contributed by atoms with Crippen molar-refractivity contribution in [1.29, 1.82) is 0 Å². The van der Waals surface area contributed by atoms with Gasteiger partial charge in [-0.25, -0.2) is 8.42 Å². The molecule has 7 nitrogen and oxygen atoms in total. The number of hydrogen-bond acceptors (Lipinski definition) is 8. The molecule has 138 valence electrons. The predicted octanol–water partition coefficient (Wildman–Crippen LogP) is 1.35. The van der Waals surface area contributed by atoms with Crippen LogP contribution in [-0.2, 0) is 19.4 Å². The number of thioether (sulfide) groups is 1. The number of carbonyl (C=O) groups is 2. The van der Waals surface area contributed by atoms with E-state index in [0.29, 0.717) is 23.5 Å².